The Morgan fingerprint density at radius 2 is 1.78 bits per heavy atom. The second-order valence-corrected chi connectivity index (χ2v) is 5.89. The lowest BCUT2D eigenvalue weighted by Crippen LogP contribution is -2.28. The topological polar surface area (TPSA) is 51.7 Å². The van der Waals surface area contributed by atoms with E-state index in [-0.39, 0.29) is 30.8 Å². The molecule has 152 valence electrons. The second-order valence-electron chi connectivity index (χ2n) is 5.89. The van der Waals surface area contributed by atoms with Crippen LogP contribution in [0.3, 0.4) is 0 Å². The molecule has 0 aliphatic carbocycles. The number of hydrogen-bond acceptors (Lipinski definition) is 5. The van der Waals surface area contributed by atoms with Crippen molar-refractivity contribution in [3.63, 3.8) is 0 Å². The molecule has 0 aliphatic rings. The summed E-state index contributed by atoms with van der Waals surface area (Å²) in [6.07, 6.45) is 2.01. The summed E-state index contributed by atoms with van der Waals surface area (Å²) in [4.78, 5) is 19.3. The Morgan fingerprint density at radius 3 is 2.44 bits per heavy atom. The third-order valence-corrected chi connectivity index (χ3v) is 4.20. The number of fused-ring (bicyclic) bond motifs is 1. The van der Waals surface area contributed by atoms with Gasteiger partial charge in [-0.25, -0.2) is 9.78 Å². The van der Waals surface area contributed by atoms with Gasteiger partial charge in [0, 0.05) is 18.0 Å². The summed E-state index contributed by atoms with van der Waals surface area (Å²) in [5.41, 5.74) is 1.25. The number of aromatic nitrogens is 1. The number of carbonyl (C=O) groups excluding carboxylic acids is 1. The van der Waals surface area contributed by atoms with E-state index in [1.54, 1.807) is 6.07 Å². The van der Waals surface area contributed by atoms with Crippen LogP contribution in [0.4, 0.5) is 0 Å². The number of carbonyl (C=O) groups is 1. The van der Waals surface area contributed by atoms with Gasteiger partial charge < -0.3 is 14.4 Å². The van der Waals surface area contributed by atoms with Gasteiger partial charge in [-0.15, -0.1) is 24.8 Å². The van der Waals surface area contributed by atoms with Crippen LogP contribution < -0.4 is 4.74 Å². The smallest absolute Gasteiger partial charge is 0.339 e. The molecule has 7 heteroatoms. The Labute approximate surface area is 174 Å². The van der Waals surface area contributed by atoms with Crippen LogP contribution in [-0.2, 0) is 4.74 Å². The number of ether oxygens (including phenoxy) is 2. The zero-order valence-electron chi connectivity index (χ0n) is 16.3. The highest BCUT2D eigenvalue weighted by atomic mass is 35.5. The Kier molecular flexibility index (Phi) is 12.8. The number of nitrogens with zero attached hydrogens (tertiary/aromatic N) is 2. The first-order valence-corrected chi connectivity index (χ1v) is 9.11. The summed E-state index contributed by atoms with van der Waals surface area (Å²) < 4.78 is 11.2. The van der Waals surface area contributed by atoms with Crippen molar-refractivity contribution in [3.8, 4) is 5.88 Å². The maximum absolute atomic E-state index is 12.6. The quantitative estimate of drug-likeness (QED) is 0.412. The van der Waals surface area contributed by atoms with Crippen molar-refractivity contribution in [2.75, 3.05) is 32.8 Å². The lowest BCUT2D eigenvalue weighted by molar-refractivity contribution is 0.0468. The first kappa shape index (κ1) is 25.4. The van der Waals surface area contributed by atoms with Crippen molar-refractivity contribution in [2.24, 2.45) is 0 Å². The van der Waals surface area contributed by atoms with Gasteiger partial charge in [0.25, 0.3) is 0 Å². The van der Waals surface area contributed by atoms with Gasteiger partial charge in [0.1, 0.15) is 6.61 Å². The number of benzene rings is 1. The van der Waals surface area contributed by atoms with E-state index in [2.05, 4.69) is 30.7 Å². The monoisotopic (exact) mass is 416 g/mol. The van der Waals surface area contributed by atoms with E-state index in [0.29, 0.717) is 24.7 Å². The van der Waals surface area contributed by atoms with Gasteiger partial charge in [0.2, 0.25) is 5.88 Å². The number of pyridine rings is 1. The molecule has 0 N–H and O–H groups in total. The molecular weight excluding hydrogens is 387 g/mol. The summed E-state index contributed by atoms with van der Waals surface area (Å²) in [5, 5.41) is 0.790. The van der Waals surface area contributed by atoms with Crippen molar-refractivity contribution in [1.82, 2.24) is 9.88 Å². The summed E-state index contributed by atoms with van der Waals surface area (Å²) >= 11 is 0. The average Bonchev–Trinajstić information content (AvgIpc) is 2.64. The van der Waals surface area contributed by atoms with Crippen molar-refractivity contribution in [1.29, 1.82) is 0 Å². The van der Waals surface area contributed by atoms with E-state index >= 15 is 0 Å². The summed E-state index contributed by atoms with van der Waals surface area (Å²) in [7, 11) is 0. The van der Waals surface area contributed by atoms with E-state index in [9.17, 15) is 4.79 Å². The molecule has 0 aliphatic heterocycles. The number of esters is 1. The molecule has 0 saturated heterocycles. The predicted octanol–water partition coefficient (Wildman–Crippen LogP) is 4.76. The minimum absolute atomic E-state index is 0. The third kappa shape index (κ3) is 7.53. The highest BCUT2D eigenvalue weighted by Gasteiger charge is 2.15. The van der Waals surface area contributed by atoms with Crippen LogP contribution in [0.1, 0.15) is 44.0 Å². The molecule has 0 atom stereocenters. The van der Waals surface area contributed by atoms with Gasteiger partial charge >= 0.3 is 5.97 Å². The zero-order valence-corrected chi connectivity index (χ0v) is 17.9. The maximum Gasteiger partial charge on any atom is 0.339 e. The van der Waals surface area contributed by atoms with E-state index < -0.39 is 0 Å². The number of hydrogen-bond donors (Lipinski definition) is 0. The molecule has 0 saturated carbocycles. The Balaban J connectivity index is 0.00000338. The average molecular weight is 417 g/mol. The van der Waals surface area contributed by atoms with E-state index in [4.69, 9.17) is 9.47 Å². The van der Waals surface area contributed by atoms with Gasteiger partial charge in [-0.3, -0.25) is 0 Å². The van der Waals surface area contributed by atoms with E-state index in [1.165, 1.54) is 0 Å². The highest BCUT2D eigenvalue weighted by molar-refractivity contribution is 6.03. The molecule has 27 heavy (non-hydrogen) atoms. The fourth-order valence-corrected chi connectivity index (χ4v) is 2.60. The fourth-order valence-electron chi connectivity index (χ4n) is 2.60. The molecule has 1 heterocycles. The predicted molar refractivity (Wildman–Crippen MR) is 115 cm³/mol. The van der Waals surface area contributed by atoms with E-state index in [0.717, 1.165) is 43.4 Å². The number of likely N-dealkylation sites (N-methyl/N-ethyl adjacent to an activating group) is 1. The highest BCUT2D eigenvalue weighted by Crippen LogP contribution is 2.23. The Morgan fingerprint density at radius 1 is 1.07 bits per heavy atom. The van der Waals surface area contributed by atoms with Crippen molar-refractivity contribution in [2.45, 2.75) is 33.6 Å². The van der Waals surface area contributed by atoms with Crippen LogP contribution in [0, 0.1) is 0 Å². The second kappa shape index (κ2) is 13.6. The van der Waals surface area contributed by atoms with Crippen LogP contribution in [-0.4, -0.2) is 48.7 Å². The van der Waals surface area contributed by atoms with Gasteiger partial charge in [-0.05, 0) is 25.6 Å². The first-order chi connectivity index (χ1) is 12.2. The Bertz CT molecular complexity index is 694. The summed E-state index contributed by atoms with van der Waals surface area (Å²) in [5.74, 6) is 0.147. The number of rotatable bonds is 10. The summed E-state index contributed by atoms with van der Waals surface area (Å²) in [6, 6.07) is 9.26. The summed E-state index contributed by atoms with van der Waals surface area (Å²) in [6.45, 7) is 9.91. The van der Waals surface area contributed by atoms with Crippen molar-refractivity contribution < 1.29 is 14.3 Å². The molecule has 5 nitrogen and oxygen atoms in total. The number of para-hydroxylation sites is 1. The van der Waals surface area contributed by atoms with Crippen LogP contribution in [0.25, 0.3) is 10.9 Å². The van der Waals surface area contributed by atoms with E-state index in [1.807, 2.05) is 24.3 Å². The number of halogens is 2. The molecule has 2 rings (SSSR count). The number of unbranched alkanes of at least 4 members (excludes halogenated alkanes) is 1. The molecule has 2 aromatic rings. The molecule has 0 fully saturated rings. The zero-order chi connectivity index (χ0) is 18.1. The molecule has 1 aromatic carbocycles. The molecular formula is C20H30Cl2N2O3. The van der Waals surface area contributed by atoms with Crippen LogP contribution >= 0.6 is 24.8 Å². The van der Waals surface area contributed by atoms with Gasteiger partial charge in [-0.1, -0.05) is 45.4 Å². The molecule has 0 unspecified atom stereocenters. The molecule has 1 aromatic heterocycles. The lowest BCUT2D eigenvalue weighted by atomic mass is 10.1. The molecule has 0 spiro atoms. The van der Waals surface area contributed by atoms with Crippen molar-refractivity contribution >= 4 is 41.7 Å². The molecule has 0 amide bonds. The molecule has 0 radical (unpaired) electrons. The van der Waals surface area contributed by atoms with Gasteiger partial charge in [-0.2, -0.15) is 0 Å². The first-order valence-electron chi connectivity index (χ1n) is 9.11. The minimum Gasteiger partial charge on any atom is -0.478 e. The lowest BCUT2D eigenvalue weighted by Gasteiger charge is -2.17. The Hall–Kier alpha value is -1.56. The van der Waals surface area contributed by atoms with Gasteiger partial charge in [0.05, 0.1) is 17.7 Å². The fraction of sp³-hybridized carbons (Fsp3) is 0.500. The van der Waals surface area contributed by atoms with Crippen LogP contribution in [0.15, 0.2) is 30.3 Å². The van der Waals surface area contributed by atoms with Crippen LogP contribution in [0.2, 0.25) is 0 Å². The maximum atomic E-state index is 12.6. The van der Waals surface area contributed by atoms with Gasteiger partial charge in [0.15, 0.2) is 0 Å². The van der Waals surface area contributed by atoms with Crippen molar-refractivity contribution in [3.05, 3.63) is 35.9 Å². The standard InChI is InChI=1S/C20H28N2O3.2ClH/c1-4-7-13-24-19-15-17(16-10-8-9-11-18(16)21-19)20(23)25-14-12-22(5-2)6-3;;/h8-11,15H,4-7,12-14H2,1-3H3;2*1H. The third-order valence-electron chi connectivity index (χ3n) is 4.20. The minimum atomic E-state index is -0.328. The largest absolute Gasteiger partial charge is 0.478 e. The SMILES string of the molecule is CCCCOc1cc(C(=O)OCCN(CC)CC)c2ccccc2n1.Cl.Cl. The van der Waals surface area contributed by atoms with Crippen LogP contribution in [0.5, 0.6) is 5.88 Å². The molecule has 0 bridgehead atoms. The normalized spacial score (nSPS) is 10.2.